The summed E-state index contributed by atoms with van der Waals surface area (Å²) in [4.78, 5) is 32.8. The van der Waals surface area contributed by atoms with Gasteiger partial charge in [0, 0.05) is 33.8 Å². The lowest BCUT2D eigenvalue weighted by molar-refractivity contribution is -0.133. The average molecular weight is 463 g/mol. The molecule has 1 aromatic carbocycles. The molecule has 1 aliphatic carbocycles. The molecule has 0 spiro atoms. The van der Waals surface area contributed by atoms with Crippen LogP contribution in [0.4, 0.5) is 4.39 Å². The molecule has 31 heavy (non-hydrogen) atoms. The van der Waals surface area contributed by atoms with Crippen LogP contribution in [-0.2, 0) is 9.59 Å². The summed E-state index contributed by atoms with van der Waals surface area (Å²) in [6.45, 7) is 0. The topological polar surface area (TPSA) is 118 Å². The molecule has 7 nitrogen and oxygen atoms in total. The number of aliphatic imine (C=N–C) groups is 1. The normalized spacial score (nSPS) is 23.8. The maximum atomic E-state index is 13.6. The minimum atomic E-state index is -1.13. The number of nitrogens with one attached hydrogen (secondary N) is 1. The van der Waals surface area contributed by atoms with Crippen LogP contribution in [0.1, 0.15) is 42.3 Å². The predicted molar refractivity (Wildman–Crippen MR) is 115 cm³/mol. The molecule has 1 unspecified atom stereocenters. The minimum Gasteiger partial charge on any atom is -0.478 e. The largest absolute Gasteiger partial charge is 0.478 e. The van der Waals surface area contributed by atoms with Crippen molar-refractivity contribution in [1.29, 1.82) is 0 Å². The van der Waals surface area contributed by atoms with Crippen LogP contribution in [0.2, 0.25) is 5.02 Å². The summed E-state index contributed by atoms with van der Waals surface area (Å²) in [6, 6.07) is 2.92. The summed E-state index contributed by atoms with van der Waals surface area (Å²) in [6.07, 6.45) is 4.04. The smallest absolute Gasteiger partial charge is 0.335 e. The quantitative estimate of drug-likeness (QED) is 0.626. The van der Waals surface area contributed by atoms with Gasteiger partial charge in [-0.1, -0.05) is 17.7 Å². The summed E-state index contributed by atoms with van der Waals surface area (Å²) in [5.41, 5.74) is 6.44. The van der Waals surface area contributed by atoms with E-state index in [-0.39, 0.29) is 28.3 Å². The van der Waals surface area contributed by atoms with Gasteiger partial charge in [-0.25, -0.2) is 14.2 Å². The number of carboxylic acids is 1. The first-order valence-electron chi connectivity index (χ1n) is 9.81. The predicted octanol–water partition coefficient (Wildman–Crippen LogP) is 3.66. The Bertz CT molecular complexity index is 1080. The fraction of sp³-hybridized carbons (Fsp3) is 0.333. The van der Waals surface area contributed by atoms with Crippen LogP contribution >= 0.6 is 22.9 Å². The molecule has 1 amide bonds. The maximum absolute atomic E-state index is 13.6. The Morgan fingerprint density at radius 2 is 2.00 bits per heavy atom. The highest BCUT2D eigenvalue weighted by atomic mass is 35.5. The number of hydrogen-bond acceptors (Lipinski definition) is 6. The van der Waals surface area contributed by atoms with Gasteiger partial charge in [0.05, 0.1) is 5.57 Å². The zero-order chi connectivity index (χ0) is 22.1. The highest BCUT2D eigenvalue weighted by molar-refractivity contribution is 7.11. The van der Waals surface area contributed by atoms with Gasteiger partial charge in [0.15, 0.2) is 10.8 Å². The van der Waals surface area contributed by atoms with Crippen LogP contribution in [0, 0.1) is 17.7 Å². The molecule has 10 heteroatoms. The molecule has 1 aromatic heterocycles. The van der Waals surface area contributed by atoms with E-state index >= 15 is 0 Å². The molecular formula is C21H20ClFN4O3S. The number of nitrogens with two attached hydrogens (primary N) is 1. The Hall–Kier alpha value is -2.78. The molecule has 162 valence electrons. The van der Waals surface area contributed by atoms with E-state index in [9.17, 15) is 19.1 Å². The van der Waals surface area contributed by atoms with Crippen LogP contribution in [0.3, 0.4) is 0 Å². The Kier molecular flexibility index (Phi) is 6.06. The van der Waals surface area contributed by atoms with Gasteiger partial charge < -0.3 is 16.2 Å². The molecular weight excluding hydrogens is 443 g/mol. The van der Waals surface area contributed by atoms with Crippen molar-refractivity contribution in [3.8, 4) is 0 Å². The van der Waals surface area contributed by atoms with Crippen molar-refractivity contribution in [1.82, 2.24) is 10.3 Å². The van der Waals surface area contributed by atoms with E-state index in [1.807, 2.05) is 0 Å². The molecule has 2 aliphatic rings. The Morgan fingerprint density at radius 3 is 2.58 bits per heavy atom. The number of amidine groups is 1. The van der Waals surface area contributed by atoms with Crippen molar-refractivity contribution in [3.05, 3.63) is 62.5 Å². The van der Waals surface area contributed by atoms with Crippen molar-refractivity contribution in [2.24, 2.45) is 22.6 Å². The summed E-state index contributed by atoms with van der Waals surface area (Å²) in [5.74, 6) is -1.86. The molecule has 4 N–H and O–H groups in total. The van der Waals surface area contributed by atoms with Crippen LogP contribution in [0.25, 0.3) is 0 Å². The van der Waals surface area contributed by atoms with Gasteiger partial charge in [-0.2, -0.15) is 0 Å². The number of carbonyl (C=O) groups is 2. The number of primary amides is 1. The SMILES string of the molecule is NC(=O)C1CCC(C2=C(C(=O)O)C(c3ccc(F)cc3Cl)N=C(c3nccs3)N2)CC1. The maximum Gasteiger partial charge on any atom is 0.335 e. The molecule has 0 saturated heterocycles. The molecule has 1 aliphatic heterocycles. The highest BCUT2D eigenvalue weighted by Gasteiger charge is 2.37. The van der Waals surface area contributed by atoms with Gasteiger partial charge >= 0.3 is 5.97 Å². The molecule has 0 bridgehead atoms. The number of hydrogen-bond donors (Lipinski definition) is 3. The minimum absolute atomic E-state index is 0.0661. The fourth-order valence-corrected chi connectivity index (χ4v) is 5.04. The molecule has 2 heterocycles. The number of carbonyl (C=O) groups excluding carboxylic acids is 1. The van der Waals surface area contributed by atoms with Crippen molar-refractivity contribution in [3.63, 3.8) is 0 Å². The van der Waals surface area contributed by atoms with Gasteiger partial charge in [-0.3, -0.25) is 9.79 Å². The third-order valence-electron chi connectivity index (χ3n) is 5.74. The second-order valence-electron chi connectivity index (χ2n) is 7.59. The van der Waals surface area contributed by atoms with Crippen molar-refractivity contribution in [2.45, 2.75) is 31.7 Å². The van der Waals surface area contributed by atoms with Crippen LogP contribution < -0.4 is 11.1 Å². The number of thiazole rings is 1. The van der Waals surface area contributed by atoms with E-state index in [0.29, 0.717) is 47.8 Å². The van der Waals surface area contributed by atoms with Crippen LogP contribution in [-0.4, -0.2) is 27.8 Å². The lowest BCUT2D eigenvalue weighted by Gasteiger charge is -2.34. The molecule has 1 fully saturated rings. The Morgan fingerprint density at radius 1 is 1.26 bits per heavy atom. The standard InChI is InChI=1S/C21H20ClFN4O3S/c22-14-9-12(23)5-6-13(14)17-15(21(29)30)16(10-1-3-11(4-2-10)18(24)28)26-19(27-17)20-25-7-8-31-20/h5-11,17H,1-4H2,(H2,24,28)(H,26,27)(H,29,30). The van der Waals surface area contributed by atoms with Gasteiger partial charge in [-0.05, 0) is 43.7 Å². The van der Waals surface area contributed by atoms with Gasteiger partial charge in [0.25, 0.3) is 0 Å². The molecule has 4 rings (SSSR count). The number of allylic oxidation sites excluding steroid dienone is 1. The number of halogens is 2. The summed E-state index contributed by atoms with van der Waals surface area (Å²) in [5, 5.41) is 15.8. The van der Waals surface area contributed by atoms with E-state index in [1.165, 1.54) is 23.5 Å². The van der Waals surface area contributed by atoms with Crippen molar-refractivity contribution in [2.75, 3.05) is 0 Å². The lowest BCUT2D eigenvalue weighted by atomic mass is 9.77. The fourth-order valence-electron chi connectivity index (χ4n) is 4.19. The summed E-state index contributed by atoms with van der Waals surface area (Å²) in [7, 11) is 0. The number of benzene rings is 1. The molecule has 0 radical (unpaired) electrons. The zero-order valence-electron chi connectivity index (χ0n) is 16.3. The first-order chi connectivity index (χ1) is 14.8. The number of nitrogens with zero attached hydrogens (tertiary/aromatic N) is 2. The third-order valence-corrected chi connectivity index (χ3v) is 6.84. The average Bonchev–Trinajstić information content (AvgIpc) is 3.28. The second-order valence-corrected chi connectivity index (χ2v) is 8.89. The number of rotatable bonds is 5. The second kappa shape index (κ2) is 8.76. The van der Waals surface area contributed by atoms with Gasteiger partial charge in [-0.15, -0.1) is 11.3 Å². The van der Waals surface area contributed by atoms with Crippen molar-refractivity contribution >= 4 is 40.6 Å². The zero-order valence-corrected chi connectivity index (χ0v) is 17.9. The first kappa shape index (κ1) is 21.5. The number of aromatic nitrogens is 1. The number of carboxylic acid groups (broad SMARTS) is 1. The van der Waals surface area contributed by atoms with Crippen LogP contribution in [0.15, 0.2) is 46.0 Å². The van der Waals surface area contributed by atoms with E-state index < -0.39 is 17.8 Å². The summed E-state index contributed by atoms with van der Waals surface area (Å²) < 4.78 is 13.6. The van der Waals surface area contributed by atoms with E-state index in [0.717, 1.165) is 6.07 Å². The Labute approximate surface area is 186 Å². The number of aliphatic carboxylic acids is 1. The van der Waals surface area contributed by atoms with Gasteiger partial charge in [0.2, 0.25) is 5.91 Å². The number of amides is 1. The molecule has 2 aromatic rings. The third kappa shape index (κ3) is 4.33. The van der Waals surface area contributed by atoms with Gasteiger partial charge in [0.1, 0.15) is 11.9 Å². The highest BCUT2D eigenvalue weighted by Crippen LogP contribution is 2.41. The van der Waals surface area contributed by atoms with E-state index in [4.69, 9.17) is 17.3 Å². The van der Waals surface area contributed by atoms with Crippen molar-refractivity contribution < 1.29 is 19.1 Å². The molecule has 1 saturated carbocycles. The van der Waals surface area contributed by atoms with E-state index in [2.05, 4.69) is 15.3 Å². The van der Waals surface area contributed by atoms with Crippen LogP contribution in [0.5, 0.6) is 0 Å². The summed E-state index contributed by atoms with van der Waals surface area (Å²) >= 11 is 7.65. The van der Waals surface area contributed by atoms with E-state index in [1.54, 1.807) is 11.6 Å². The first-order valence-corrected chi connectivity index (χ1v) is 11.1. The lowest BCUT2D eigenvalue weighted by Crippen LogP contribution is -2.38. The molecule has 1 atom stereocenters. The monoisotopic (exact) mass is 462 g/mol. The Balaban J connectivity index is 1.80.